The first-order valence-electron chi connectivity index (χ1n) is 10.4. The third-order valence-corrected chi connectivity index (χ3v) is 7.17. The van der Waals surface area contributed by atoms with E-state index in [0.29, 0.717) is 6.54 Å². The summed E-state index contributed by atoms with van der Waals surface area (Å²) in [5.41, 5.74) is 0.774. The Hall–Kier alpha value is -2.06. The highest BCUT2D eigenvalue weighted by Gasteiger charge is 2.53. The first-order valence-corrected chi connectivity index (χ1v) is 10.4. The van der Waals surface area contributed by atoms with Crippen molar-refractivity contribution in [2.75, 3.05) is 33.7 Å². The van der Waals surface area contributed by atoms with Gasteiger partial charge in [0.15, 0.2) is 0 Å². The van der Waals surface area contributed by atoms with Gasteiger partial charge in [0.2, 0.25) is 0 Å². The average molecular weight is 383 g/mol. The van der Waals surface area contributed by atoms with Gasteiger partial charge in [-0.15, -0.1) is 0 Å². The molecule has 1 saturated carbocycles. The largest absolute Gasteiger partial charge is 0.321 e. The zero-order chi connectivity index (χ0) is 20.6. The van der Waals surface area contributed by atoms with Crippen LogP contribution in [0.3, 0.4) is 0 Å². The Labute approximate surface area is 169 Å². The molecule has 1 aliphatic heterocycles. The third-order valence-electron chi connectivity index (χ3n) is 7.17. The molecular formula is C23H34N4O. The molecule has 2 amide bonds. The third kappa shape index (κ3) is 3.39. The quantitative estimate of drug-likeness (QED) is 0.771. The van der Waals surface area contributed by atoms with Crippen molar-refractivity contribution < 1.29 is 4.79 Å². The van der Waals surface area contributed by atoms with Crippen LogP contribution in [-0.2, 0) is 5.54 Å². The lowest BCUT2D eigenvalue weighted by atomic mass is 9.68. The highest BCUT2D eigenvalue weighted by molar-refractivity contribution is 5.78. The lowest BCUT2D eigenvalue weighted by molar-refractivity contribution is 0.0204. The number of carbonyl (C=O) groups excluding carboxylic acids is 1. The maximum atomic E-state index is 12.9. The Kier molecular flexibility index (Phi) is 5.46. The molecule has 28 heavy (non-hydrogen) atoms. The van der Waals surface area contributed by atoms with E-state index in [1.54, 1.807) is 0 Å². The van der Waals surface area contributed by atoms with Gasteiger partial charge in [0.1, 0.15) is 0 Å². The van der Waals surface area contributed by atoms with E-state index in [4.69, 9.17) is 0 Å². The Morgan fingerprint density at radius 2 is 1.79 bits per heavy atom. The minimum Gasteiger partial charge on any atom is -0.321 e. The summed E-state index contributed by atoms with van der Waals surface area (Å²) in [5.74, 6) is 0. The number of hydrogen-bond donors (Lipinski definition) is 0. The zero-order valence-electron chi connectivity index (χ0n) is 18.0. The van der Waals surface area contributed by atoms with Crippen molar-refractivity contribution in [2.45, 2.75) is 57.5 Å². The standard InChI is InChI=1S/C23H34N4O/c1-6-25(4)23(19-10-8-7-9-11-19)14-12-22(13-15-23)18-27(20(28)26(22)5)17-21(2,3)16-24/h7-11H,6,12-15,17-18H2,1-5H3/t22-,23+. The van der Waals surface area contributed by atoms with E-state index in [9.17, 15) is 10.1 Å². The number of nitriles is 1. The van der Waals surface area contributed by atoms with Gasteiger partial charge in [0.05, 0.1) is 17.0 Å². The Morgan fingerprint density at radius 1 is 1.18 bits per heavy atom. The van der Waals surface area contributed by atoms with Gasteiger partial charge in [-0.2, -0.15) is 5.26 Å². The number of likely N-dealkylation sites (N-methyl/N-ethyl adjacent to an activating group) is 1. The molecule has 1 aromatic rings. The lowest BCUT2D eigenvalue weighted by Gasteiger charge is -2.51. The zero-order valence-corrected chi connectivity index (χ0v) is 18.0. The fourth-order valence-corrected chi connectivity index (χ4v) is 5.14. The van der Waals surface area contributed by atoms with Crippen molar-refractivity contribution in [3.05, 3.63) is 35.9 Å². The van der Waals surface area contributed by atoms with Crippen molar-refractivity contribution in [1.29, 1.82) is 5.26 Å². The summed E-state index contributed by atoms with van der Waals surface area (Å²) in [6, 6.07) is 13.2. The van der Waals surface area contributed by atoms with Crippen LogP contribution in [0.15, 0.2) is 30.3 Å². The summed E-state index contributed by atoms with van der Waals surface area (Å²) in [5, 5.41) is 9.38. The smallest absolute Gasteiger partial charge is 0.320 e. The van der Waals surface area contributed by atoms with Crippen LogP contribution < -0.4 is 0 Å². The van der Waals surface area contributed by atoms with Crippen molar-refractivity contribution in [1.82, 2.24) is 14.7 Å². The van der Waals surface area contributed by atoms with E-state index in [1.807, 2.05) is 30.7 Å². The summed E-state index contributed by atoms with van der Waals surface area (Å²) in [7, 11) is 4.16. The van der Waals surface area contributed by atoms with Crippen LogP contribution in [0.4, 0.5) is 4.79 Å². The van der Waals surface area contributed by atoms with Crippen LogP contribution in [0.5, 0.6) is 0 Å². The van der Waals surface area contributed by atoms with E-state index in [0.717, 1.165) is 38.8 Å². The van der Waals surface area contributed by atoms with E-state index in [2.05, 4.69) is 55.3 Å². The van der Waals surface area contributed by atoms with Gasteiger partial charge in [-0.1, -0.05) is 37.3 Å². The Morgan fingerprint density at radius 3 is 2.32 bits per heavy atom. The first kappa shape index (κ1) is 20.7. The number of urea groups is 1. The molecule has 0 unspecified atom stereocenters. The predicted molar refractivity (Wildman–Crippen MR) is 112 cm³/mol. The second kappa shape index (κ2) is 7.40. The van der Waals surface area contributed by atoms with Crippen molar-refractivity contribution >= 4 is 6.03 Å². The maximum absolute atomic E-state index is 12.9. The summed E-state index contributed by atoms with van der Waals surface area (Å²) < 4.78 is 0. The second-order valence-corrected chi connectivity index (χ2v) is 9.33. The van der Waals surface area contributed by atoms with Gasteiger partial charge in [-0.05, 0) is 58.7 Å². The minimum absolute atomic E-state index is 0.0322. The Bertz CT molecular complexity index is 744. The maximum Gasteiger partial charge on any atom is 0.320 e. The molecule has 1 aliphatic carbocycles. The number of hydrogen-bond acceptors (Lipinski definition) is 3. The van der Waals surface area contributed by atoms with E-state index < -0.39 is 5.41 Å². The molecular weight excluding hydrogens is 348 g/mol. The summed E-state index contributed by atoms with van der Waals surface area (Å²) in [4.78, 5) is 19.3. The highest BCUT2D eigenvalue weighted by atomic mass is 16.2. The topological polar surface area (TPSA) is 50.6 Å². The fourth-order valence-electron chi connectivity index (χ4n) is 5.14. The number of carbonyl (C=O) groups is 1. The minimum atomic E-state index is -0.521. The van der Waals surface area contributed by atoms with Gasteiger partial charge in [0.25, 0.3) is 0 Å². The lowest BCUT2D eigenvalue weighted by Crippen LogP contribution is -2.55. The summed E-state index contributed by atoms with van der Waals surface area (Å²) >= 11 is 0. The normalized spacial score (nSPS) is 28.2. The molecule has 5 heteroatoms. The molecule has 0 radical (unpaired) electrons. The number of benzene rings is 1. The van der Waals surface area contributed by atoms with Crippen LogP contribution in [0.1, 0.15) is 52.0 Å². The van der Waals surface area contributed by atoms with Gasteiger partial charge in [-0.25, -0.2) is 4.79 Å². The van der Waals surface area contributed by atoms with E-state index in [1.165, 1.54) is 5.56 Å². The highest BCUT2D eigenvalue weighted by Crippen LogP contribution is 2.49. The molecule has 1 aromatic carbocycles. The summed E-state index contributed by atoms with van der Waals surface area (Å²) in [6.07, 6.45) is 4.04. The molecule has 152 valence electrons. The monoisotopic (exact) mass is 382 g/mol. The van der Waals surface area contributed by atoms with Crippen LogP contribution >= 0.6 is 0 Å². The fraction of sp³-hybridized carbons (Fsp3) is 0.652. The van der Waals surface area contributed by atoms with Crippen LogP contribution in [0.2, 0.25) is 0 Å². The van der Waals surface area contributed by atoms with E-state index in [-0.39, 0.29) is 17.1 Å². The molecule has 1 heterocycles. The summed E-state index contributed by atoms with van der Waals surface area (Å²) in [6.45, 7) is 8.25. The van der Waals surface area contributed by atoms with Crippen LogP contribution in [-0.4, -0.2) is 60.0 Å². The number of amides is 2. The SMILES string of the molecule is CCN(C)[C@]1(c2ccccc2)CC[C@]2(CC1)CN(CC(C)(C)C#N)C(=O)N2C. The van der Waals surface area contributed by atoms with Gasteiger partial charge in [0, 0.05) is 25.7 Å². The average Bonchev–Trinajstić information content (AvgIpc) is 2.93. The predicted octanol–water partition coefficient (Wildman–Crippen LogP) is 4.06. The molecule has 1 saturated heterocycles. The molecule has 0 aromatic heterocycles. The number of rotatable bonds is 5. The van der Waals surface area contributed by atoms with Gasteiger partial charge < -0.3 is 9.80 Å². The molecule has 0 bridgehead atoms. The molecule has 5 nitrogen and oxygen atoms in total. The molecule has 0 atom stereocenters. The van der Waals surface area contributed by atoms with Gasteiger partial charge in [-0.3, -0.25) is 4.90 Å². The van der Waals surface area contributed by atoms with Crippen molar-refractivity contribution in [3.63, 3.8) is 0 Å². The van der Waals surface area contributed by atoms with Crippen LogP contribution in [0.25, 0.3) is 0 Å². The number of nitrogens with zero attached hydrogens (tertiary/aromatic N) is 4. The molecule has 2 aliphatic rings. The second-order valence-electron chi connectivity index (χ2n) is 9.33. The van der Waals surface area contributed by atoms with E-state index >= 15 is 0 Å². The van der Waals surface area contributed by atoms with Gasteiger partial charge >= 0.3 is 6.03 Å². The molecule has 1 spiro atoms. The Balaban J connectivity index is 1.83. The molecule has 2 fully saturated rings. The first-order chi connectivity index (χ1) is 13.2. The van der Waals surface area contributed by atoms with Crippen molar-refractivity contribution in [3.8, 4) is 6.07 Å². The van der Waals surface area contributed by atoms with Crippen LogP contribution in [0, 0.1) is 16.7 Å². The molecule has 3 rings (SSSR count). The van der Waals surface area contributed by atoms with Crippen molar-refractivity contribution in [2.24, 2.45) is 5.41 Å². The molecule has 0 N–H and O–H groups in total.